The molecule has 1 amide bonds. The zero-order chi connectivity index (χ0) is 19.2. The highest BCUT2D eigenvalue weighted by Crippen LogP contribution is 2.24. The Morgan fingerprint density at radius 3 is 2.07 bits per heavy atom. The molecule has 4 nitrogen and oxygen atoms in total. The smallest absolute Gasteiger partial charge is 0.222 e. The fraction of sp³-hybridized carbons (Fsp3) is 0.435. The second-order valence-corrected chi connectivity index (χ2v) is 7.95. The molecule has 0 spiro atoms. The van der Waals surface area contributed by atoms with Gasteiger partial charge in [0.2, 0.25) is 5.91 Å². The zero-order valence-electron chi connectivity index (χ0n) is 17.2. The molecule has 3 N–H and O–H groups in total. The molecule has 2 aromatic carbocycles. The molecule has 1 heterocycles. The van der Waals surface area contributed by atoms with E-state index in [1.165, 1.54) is 5.56 Å². The predicted molar refractivity (Wildman–Crippen MR) is 124 cm³/mol. The van der Waals surface area contributed by atoms with E-state index in [9.17, 15) is 4.79 Å². The number of piperidine rings is 1. The molecular formula is C23H33Cl2N3O. The Kier molecular flexibility index (Phi) is 10.7. The van der Waals surface area contributed by atoms with E-state index in [1.54, 1.807) is 0 Å². The second kappa shape index (κ2) is 12.2. The van der Waals surface area contributed by atoms with Crippen molar-refractivity contribution in [1.29, 1.82) is 0 Å². The molecule has 2 aromatic rings. The Labute approximate surface area is 187 Å². The third-order valence-electron chi connectivity index (χ3n) is 5.53. The van der Waals surface area contributed by atoms with Crippen LogP contribution in [0.3, 0.4) is 0 Å². The van der Waals surface area contributed by atoms with Crippen LogP contribution in [-0.2, 0) is 11.3 Å². The molecular weight excluding hydrogens is 405 g/mol. The summed E-state index contributed by atoms with van der Waals surface area (Å²) in [5, 5.41) is 3.26. The molecule has 3 rings (SSSR count). The molecule has 3 atom stereocenters. The zero-order valence-corrected chi connectivity index (χ0v) is 18.8. The lowest BCUT2D eigenvalue weighted by atomic mass is 9.85. The van der Waals surface area contributed by atoms with Crippen LogP contribution < -0.4 is 11.1 Å². The van der Waals surface area contributed by atoms with E-state index < -0.39 is 0 Å². The van der Waals surface area contributed by atoms with Crippen molar-refractivity contribution in [3.63, 3.8) is 0 Å². The number of halogens is 2. The highest BCUT2D eigenvalue weighted by molar-refractivity contribution is 5.85. The van der Waals surface area contributed by atoms with Crippen molar-refractivity contribution >= 4 is 30.7 Å². The van der Waals surface area contributed by atoms with Gasteiger partial charge in [-0.25, -0.2) is 0 Å². The van der Waals surface area contributed by atoms with E-state index in [0.717, 1.165) is 25.2 Å². The van der Waals surface area contributed by atoms with Gasteiger partial charge in [-0.05, 0) is 23.0 Å². The molecule has 1 aliphatic rings. The molecule has 0 radical (unpaired) electrons. The number of nitrogens with one attached hydrogen (secondary N) is 1. The molecule has 1 aliphatic heterocycles. The van der Waals surface area contributed by atoms with Gasteiger partial charge in [0, 0.05) is 38.1 Å². The standard InChI is InChI=1S/C23H31N3O.2ClH/c1-17-14-26(16-19-9-5-3-6-10-19)15-18(2)23(17)25-22(27)13-21(24)20-11-7-4-8-12-20;;/h3-12,17-18,21,23H,13-16,24H2,1-2H3,(H,25,27);2*1H. The normalized spacial score (nSPS) is 22.7. The number of benzene rings is 2. The Balaban J connectivity index is 0.00000210. The fourth-order valence-electron chi connectivity index (χ4n) is 4.19. The molecule has 29 heavy (non-hydrogen) atoms. The highest BCUT2D eigenvalue weighted by Gasteiger charge is 2.33. The molecule has 6 heteroatoms. The summed E-state index contributed by atoms with van der Waals surface area (Å²) in [5.41, 5.74) is 8.56. The molecule has 0 saturated carbocycles. The first-order valence-corrected chi connectivity index (χ1v) is 9.89. The Morgan fingerprint density at radius 2 is 1.52 bits per heavy atom. The summed E-state index contributed by atoms with van der Waals surface area (Å²) in [4.78, 5) is 15.0. The van der Waals surface area contributed by atoms with Crippen molar-refractivity contribution in [3.05, 3.63) is 71.8 Å². The molecule has 0 aromatic heterocycles. The van der Waals surface area contributed by atoms with E-state index in [4.69, 9.17) is 5.73 Å². The van der Waals surface area contributed by atoms with Crippen molar-refractivity contribution < 1.29 is 4.79 Å². The van der Waals surface area contributed by atoms with Gasteiger partial charge in [0.1, 0.15) is 0 Å². The lowest BCUT2D eigenvalue weighted by molar-refractivity contribution is -0.123. The number of carbonyl (C=O) groups excluding carboxylic acids is 1. The predicted octanol–water partition coefficient (Wildman–Crippen LogP) is 4.19. The van der Waals surface area contributed by atoms with Crippen LogP contribution in [0.15, 0.2) is 60.7 Å². The molecule has 0 bridgehead atoms. The molecule has 1 fully saturated rings. The van der Waals surface area contributed by atoms with Crippen LogP contribution in [0.5, 0.6) is 0 Å². The van der Waals surface area contributed by atoms with E-state index in [-0.39, 0.29) is 42.8 Å². The van der Waals surface area contributed by atoms with Gasteiger partial charge in [-0.2, -0.15) is 0 Å². The van der Waals surface area contributed by atoms with Gasteiger partial charge < -0.3 is 11.1 Å². The van der Waals surface area contributed by atoms with Gasteiger partial charge >= 0.3 is 0 Å². The summed E-state index contributed by atoms with van der Waals surface area (Å²) < 4.78 is 0. The third-order valence-corrected chi connectivity index (χ3v) is 5.53. The van der Waals surface area contributed by atoms with Crippen molar-refractivity contribution in [2.75, 3.05) is 13.1 Å². The summed E-state index contributed by atoms with van der Waals surface area (Å²) in [6.07, 6.45) is 0.327. The van der Waals surface area contributed by atoms with Crippen molar-refractivity contribution in [2.24, 2.45) is 17.6 Å². The molecule has 160 valence electrons. The fourth-order valence-corrected chi connectivity index (χ4v) is 4.19. The van der Waals surface area contributed by atoms with Crippen LogP contribution in [-0.4, -0.2) is 29.9 Å². The van der Waals surface area contributed by atoms with Crippen LogP contribution in [0.1, 0.15) is 37.4 Å². The maximum atomic E-state index is 12.6. The number of hydrogen-bond acceptors (Lipinski definition) is 3. The van der Waals surface area contributed by atoms with Crippen molar-refractivity contribution in [3.8, 4) is 0 Å². The second-order valence-electron chi connectivity index (χ2n) is 7.95. The summed E-state index contributed by atoms with van der Waals surface area (Å²) in [5.74, 6) is 0.871. The SMILES string of the molecule is CC1CN(Cc2ccccc2)CC(C)C1NC(=O)CC(N)c1ccccc1.Cl.Cl. The molecule has 0 aliphatic carbocycles. The average Bonchev–Trinajstić information content (AvgIpc) is 2.66. The van der Waals surface area contributed by atoms with E-state index in [1.807, 2.05) is 30.3 Å². The quantitative estimate of drug-likeness (QED) is 0.711. The van der Waals surface area contributed by atoms with Crippen LogP contribution in [0.25, 0.3) is 0 Å². The minimum atomic E-state index is -0.255. The van der Waals surface area contributed by atoms with Gasteiger partial charge in [-0.3, -0.25) is 9.69 Å². The van der Waals surface area contributed by atoms with Gasteiger partial charge in [-0.1, -0.05) is 74.5 Å². The Morgan fingerprint density at radius 1 is 1.00 bits per heavy atom. The number of carbonyl (C=O) groups is 1. The average molecular weight is 438 g/mol. The summed E-state index contributed by atoms with van der Waals surface area (Å²) in [6.45, 7) is 7.42. The molecule has 1 saturated heterocycles. The van der Waals surface area contributed by atoms with E-state index in [2.05, 4.69) is 54.4 Å². The summed E-state index contributed by atoms with van der Waals surface area (Å²) >= 11 is 0. The maximum absolute atomic E-state index is 12.6. The summed E-state index contributed by atoms with van der Waals surface area (Å²) in [6, 6.07) is 20.4. The van der Waals surface area contributed by atoms with Crippen LogP contribution in [0, 0.1) is 11.8 Å². The van der Waals surface area contributed by atoms with Gasteiger partial charge in [-0.15, -0.1) is 24.8 Å². The van der Waals surface area contributed by atoms with Crippen LogP contribution >= 0.6 is 24.8 Å². The first kappa shape index (κ1) is 25.4. The van der Waals surface area contributed by atoms with Crippen molar-refractivity contribution in [2.45, 2.75) is 38.9 Å². The lowest BCUT2D eigenvalue weighted by Crippen LogP contribution is -2.54. The minimum Gasteiger partial charge on any atom is -0.353 e. The third kappa shape index (κ3) is 7.31. The number of amides is 1. The topological polar surface area (TPSA) is 58.4 Å². The van der Waals surface area contributed by atoms with Gasteiger partial charge in [0.25, 0.3) is 0 Å². The first-order chi connectivity index (χ1) is 13.0. The van der Waals surface area contributed by atoms with Gasteiger partial charge in [0.15, 0.2) is 0 Å². The van der Waals surface area contributed by atoms with Crippen LogP contribution in [0.2, 0.25) is 0 Å². The van der Waals surface area contributed by atoms with Crippen LogP contribution in [0.4, 0.5) is 0 Å². The highest BCUT2D eigenvalue weighted by atomic mass is 35.5. The number of hydrogen-bond donors (Lipinski definition) is 2. The lowest BCUT2D eigenvalue weighted by Gasteiger charge is -2.42. The first-order valence-electron chi connectivity index (χ1n) is 9.89. The Hall–Kier alpha value is -1.59. The van der Waals surface area contributed by atoms with Gasteiger partial charge in [0.05, 0.1) is 0 Å². The summed E-state index contributed by atoms with van der Waals surface area (Å²) in [7, 11) is 0. The maximum Gasteiger partial charge on any atom is 0.222 e. The number of nitrogens with two attached hydrogens (primary N) is 1. The number of nitrogens with zero attached hydrogens (tertiary/aromatic N) is 1. The van der Waals surface area contributed by atoms with E-state index >= 15 is 0 Å². The largest absolute Gasteiger partial charge is 0.353 e. The molecule has 3 unspecified atom stereocenters. The Bertz CT molecular complexity index is 717. The minimum absolute atomic E-state index is 0. The number of likely N-dealkylation sites (tertiary alicyclic amines) is 1. The number of rotatable bonds is 6. The van der Waals surface area contributed by atoms with Crippen molar-refractivity contribution in [1.82, 2.24) is 10.2 Å². The monoisotopic (exact) mass is 437 g/mol. The van der Waals surface area contributed by atoms with E-state index in [0.29, 0.717) is 18.3 Å².